The van der Waals surface area contributed by atoms with Crippen molar-refractivity contribution in [2.75, 3.05) is 11.4 Å². The van der Waals surface area contributed by atoms with Crippen molar-refractivity contribution >= 4 is 23.4 Å². The molecule has 2 rings (SSSR count). The van der Waals surface area contributed by atoms with Gasteiger partial charge in [-0.2, -0.15) is 0 Å². The lowest BCUT2D eigenvalue weighted by Crippen LogP contribution is -2.48. The van der Waals surface area contributed by atoms with Gasteiger partial charge in [-0.05, 0) is 56.4 Å². The van der Waals surface area contributed by atoms with Gasteiger partial charge in [0.05, 0.1) is 9.95 Å². The van der Waals surface area contributed by atoms with Gasteiger partial charge in [0.1, 0.15) is 0 Å². The molecule has 1 aliphatic rings. The molecular weight excluding hydrogens is 288 g/mol. The first-order valence-corrected chi connectivity index (χ1v) is 7.57. The molecule has 4 nitrogen and oxygen atoms in total. The Labute approximate surface area is 130 Å². The number of halogens is 1. The zero-order valence-electron chi connectivity index (χ0n) is 12.9. The van der Waals surface area contributed by atoms with Gasteiger partial charge in [-0.25, -0.2) is 0 Å². The third kappa shape index (κ3) is 3.05. The predicted octanol–water partition coefficient (Wildman–Crippen LogP) is 4.70. The third-order valence-corrected chi connectivity index (χ3v) is 4.52. The molecular formula is C16H21ClN2O2. The lowest BCUT2D eigenvalue weighted by atomic mass is 9.79. The third-order valence-electron chi connectivity index (χ3n) is 4.20. The van der Waals surface area contributed by atoms with Crippen LogP contribution in [0.2, 0.25) is 5.02 Å². The molecule has 0 bridgehead atoms. The molecule has 0 aromatic heterocycles. The Balaban J connectivity index is 2.54. The van der Waals surface area contributed by atoms with Gasteiger partial charge in [-0.3, -0.25) is 10.1 Å². The number of nitrogens with zero attached hydrogens (tertiary/aromatic N) is 2. The smallest absolute Gasteiger partial charge is 0.235 e. The van der Waals surface area contributed by atoms with Gasteiger partial charge in [0.2, 0.25) is 6.20 Å². The summed E-state index contributed by atoms with van der Waals surface area (Å²) in [7, 11) is 0. The fourth-order valence-electron chi connectivity index (χ4n) is 3.39. The molecule has 0 saturated heterocycles. The van der Waals surface area contributed by atoms with Crippen LogP contribution in [0.4, 0.5) is 5.69 Å². The predicted molar refractivity (Wildman–Crippen MR) is 87.6 cm³/mol. The SMILES string of the molecule is CCN1c2cc(Cl)c(/C=C/[N+](=O)[O-])cc2C(C)CC1(C)C. The average molecular weight is 309 g/mol. The maximum atomic E-state index is 10.5. The highest BCUT2D eigenvalue weighted by atomic mass is 35.5. The summed E-state index contributed by atoms with van der Waals surface area (Å²) in [5, 5.41) is 11.0. The van der Waals surface area contributed by atoms with E-state index in [1.165, 1.54) is 11.6 Å². The normalized spacial score (nSPS) is 20.6. The summed E-state index contributed by atoms with van der Waals surface area (Å²) in [6.45, 7) is 9.72. The summed E-state index contributed by atoms with van der Waals surface area (Å²) in [6, 6.07) is 3.93. The second kappa shape index (κ2) is 5.68. The fourth-order valence-corrected chi connectivity index (χ4v) is 3.61. The minimum absolute atomic E-state index is 0.0860. The molecule has 0 aliphatic carbocycles. The van der Waals surface area contributed by atoms with Crippen LogP contribution in [0, 0.1) is 10.1 Å². The van der Waals surface area contributed by atoms with Crippen molar-refractivity contribution in [3.05, 3.63) is 44.6 Å². The van der Waals surface area contributed by atoms with E-state index in [1.807, 2.05) is 12.1 Å². The lowest BCUT2D eigenvalue weighted by Gasteiger charge is -2.47. The molecule has 0 N–H and O–H groups in total. The van der Waals surface area contributed by atoms with Gasteiger partial charge in [0.15, 0.2) is 0 Å². The van der Waals surface area contributed by atoms with E-state index in [1.54, 1.807) is 0 Å². The molecule has 1 unspecified atom stereocenters. The maximum Gasteiger partial charge on any atom is 0.235 e. The van der Waals surface area contributed by atoms with Crippen molar-refractivity contribution in [3.63, 3.8) is 0 Å². The van der Waals surface area contributed by atoms with Crippen molar-refractivity contribution in [1.82, 2.24) is 0 Å². The van der Waals surface area contributed by atoms with Crippen LogP contribution < -0.4 is 4.90 Å². The summed E-state index contributed by atoms with van der Waals surface area (Å²) in [6.07, 6.45) is 3.45. The maximum absolute atomic E-state index is 10.5. The van der Waals surface area contributed by atoms with E-state index >= 15 is 0 Å². The number of fused-ring (bicyclic) bond motifs is 1. The van der Waals surface area contributed by atoms with Gasteiger partial charge >= 0.3 is 0 Å². The highest BCUT2D eigenvalue weighted by molar-refractivity contribution is 6.32. The molecule has 1 aromatic rings. The quantitative estimate of drug-likeness (QED) is 0.600. The molecule has 0 spiro atoms. The zero-order chi connectivity index (χ0) is 15.8. The summed E-state index contributed by atoms with van der Waals surface area (Å²) in [4.78, 5) is 12.4. The first-order chi connectivity index (χ1) is 9.76. The molecule has 0 radical (unpaired) electrons. The summed E-state index contributed by atoms with van der Waals surface area (Å²) in [5.74, 6) is 0.401. The number of nitro groups is 1. The molecule has 1 atom stereocenters. The highest BCUT2D eigenvalue weighted by Crippen LogP contribution is 2.45. The van der Waals surface area contributed by atoms with Crippen LogP contribution in [-0.2, 0) is 0 Å². The van der Waals surface area contributed by atoms with E-state index in [-0.39, 0.29) is 5.54 Å². The zero-order valence-corrected chi connectivity index (χ0v) is 13.6. The average Bonchev–Trinajstić information content (AvgIpc) is 2.36. The van der Waals surface area contributed by atoms with Crippen LogP contribution in [0.1, 0.15) is 51.2 Å². The molecule has 114 valence electrons. The molecule has 0 fully saturated rings. The largest absolute Gasteiger partial charge is 0.366 e. The van der Waals surface area contributed by atoms with Crippen LogP contribution >= 0.6 is 11.6 Å². The second-order valence-electron chi connectivity index (χ2n) is 6.20. The van der Waals surface area contributed by atoms with Crippen molar-refractivity contribution in [1.29, 1.82) is 0 Å². The topological polar surface area (TPSA) is 46.4 Å². The first kappa shape index (κ1) is 15.8. The van der Waals surface area contributed by atoms with Gasteiger partial charge in [-0.15, -0.1) is 0 Å². The van der Waals surface area contributed by atoms with Crippen LogP contribution in [0.5, 0.6) is 0 Å². The molecule has 1 aliphatic heterocycles. The van der Waals surface area contributed by atoms with Crippen molar-refractivity contribution in [3.8, 4) is 0 Å². The van der Waals surface area contributed by atoms with E-state index in [0.29, 0.717) is 16.5 Å². The molecule has 1 aromatic carbocycles. The summed E-state index contributed by atoms with van der Waals surface area (Å²) in [5.41, 5.74) is 3.14. The minimum Gasteiger partial charge on any atom is -0.366 e. The number of anilines is 1. The lowest BCUT2D eigenvalue weighted by molar-refractivity contribution is -0.400. The molecule has 0 saturated carbocycles. The van der Waals surface area contributed by atoms with E-state index in [9.17, 15) is 10.1 Å². The monoisotopic (exact) mass is 308 g/mol. The molecule has 0 amide bonds. The Bertz CT molecular complexity index is 596. The van der Waals surface area contributed by atoms with Crippen LogP contribution in [-0.4, -0.2) is 17.0 Å². The summed E-state index contributed by atoms with van der Waals surface area (Å²) >= 11 is 6.31. The molecule has 5 heteroatoms. The molecule has 1 heterocycles. The minimum atomic E-state index is -0.472. The van der Waals surface area contributed by atoms with Gasteiger partial charge < -0.3 is 4.90 Å². The van der Waals surface area contributed by atoms with Crippen LogP contribution in [0.3, 0.4) is 0 Å². The Morgan fingerprint density at radius 2 is 2.19 bits per heavy atom. The van der Waals surface area contributed by atoms with Crippen molar-refractivity contribution < 1.29 is 4.92 Å². The van der Waals surface area contributed by atoms with Gasteiger partial charge in [-0.1, -0.05) is 18.5 Å². The van der Waals surface area contributed by atoms with Crippen LogP contribution in [0.25, 0.3) is 6.08 Å². The van der Waals surface area contributed by atoms with Crippen molar-refractivity contribution in [2.45, 2.75) is 45.6 Å². The standard InChI is InChI=1S/C16H21ClN2O2/c1-5-18-15-9-14(17)12(6-7-19(20)21)8-13(15)11(2)10-16(18,3)4/h6-9,11H,5,10H2,1-4H3/b7-6+. The van der Waals surface area contributed by atoms with E-state index < -0.39 is 4.92 Å². The van der Waals surface area contributed by atoms with Gasteiger partial charge in [0, 0.05) is 23.8 Å². The second-order valence-corrected chi connectivity index (χ2v) is 6.60. The Morgan fingerprint density at radius 3 is 2.76 bits per heavy atom. The number of benzene rings is 1. The number of hydrogen-bond donors (Lipinski definition) is 0. The van der Waals surface area contributed by atoms with E-state index in [0.717, 1.165) is 24.9 Å². The van der Waals surface area contributed by atoms with Crippen LogP contribution in [0.15, 0.2) is 18.3 Å². The molecule has 21 heavy (non-hydrogen) atoms. The van der Waals surface area contributed by atoms with E-state index in [2.05, 4.69) is 32.6 Å². The Morgan fingerprint density at radius 1 is 1.52 bits per heavy atom. The first-order valence-electron chi connectivity index (χ1n) is 7.19. The Kier molecular flexibility index (Phi) is 4.28. The highest BCUT2D eigenvalue weighted by Gasteiger charge is 2.35. The number of hydrogen-bond acceptors (Lipinski definition) is 3. The van der Waals surface area contributed by atoms with Crippen molar-refractivity contribution in [2.24, 2.45) is 0 Å². The number of rotatable bonds is 3. The summed E-state index contributed by atoms with van der Waals surface area (Å²) < 4.78 is 0. The van der Waals surface area contributed by atoms with E-state index in [4.69, 9.17) is 11.6 Å². The van der Waals surface area contributed by atoms with Gasteiger partial charge in [0.25, 0.3) is 0 Å². The fraction of sp³-hybridized carbons (Fsp3) is 0.500. The Hall–Kier alpha value is -1.55.